The van der Waals surface area contributed by atoms with Crippen LogP contribution < -0.4 is 21.7 Å². The summed E-state index contributed by atoms with van der Waals surface area (Å²) in [6.45, 7) is 3.53. The Morgan fingerprint density at radius 3 is 1.53 bits per heavy atom. The molecule has 10 heteroatoms. The zero-order valence-electron chi connectivity index (χ0n) is 20.6. The molecule has 0 spiro atoms. The lowest BCUT2D eigenvalue weighted by Crippen LogP contribution is -2.57. The van der Waals surface area contributed by atoms with Crippen molar-refractivity contribution in [1.29, 1.82) is 0 Å². The predicted octanol–water partition coefficient (Wildman–Crippen LogP) is 3.08. The molecule has 0 aromatic heterocycles. The Balaban J connectivity index is 2.06. The molecule has 0 atom stereocenters. The van der Waals surface area contributed by atoms with Crippen LogP contribution in [0.3, 0.4) is 0 Å². The van der Waals surface area contributed by atoms with Crippen molar-refractivity contribution in [1.82, 2.24) is 21.7 Å². The summed E-state index contributed by atoms with van der Waals surface area (Å²) in [5, 5.41) is 19.7. The van der Waals surface area contributed by atoms with Crippen molar-refractivity contribution in [3.8, 4) is 11.5 Å². The second-order valence-electron chi connectivity index (χ2n) is 8.70. The van der Waals surface area contributed by atoms with E-state index in [2.05, 4.69) is 28.6 Å². The van der Waals surface area contributed by atoms with Gasteiger partial charge in [0.05, 0.1) is 11.1 Å². The van der Waals surface area contributed by atoms with Gasteiger partial charge in [0.1, 0.15) is 16.9 Å². The average Bonchev–Trinajstić information content (AvgIpc) is 2.87. The van der Waals surface area contributed by atoms with Gasteiger partial charge < -0.3 is 10.2 Å². The molecule has 6 N–H and O–H groups in total. The number of carbonyl (C=O) groups is 4. The van der Waals surface area contributed by atoms with E-state index in [4.69, 9.17) is 0 Å². The Kier molecular flexibility index (Phi) is 10.7. The molecule has 0 bridgehead atoms. The van der Waals surface area contributed by atoms with Gasteiger partial charge in [-0.25, -0.2) is 0 Å². The lowest BCUT2D eigenvalue weighted by atomic mass is 9.82. The Labute approximate surface area is 210 Å². The molecule has 4 amide bonds. The van der Waals surface area contributed by atoms with E-state index in [1.165, 1.54) is 31.2 Å². The van der Waals surface area contributed by atoms with Crippen molar-refractivity contribution in [3.63, 3.8) is 0 Å². The van der Waals surface area contributed by atoms with Gasteiger partial charge in [-0.05, 0) is 37.6 Å². The second kappa shape index (κ2) is 13.7. The molecule has 0 heterocycles. The number of nitrogens with one attached hydrogen (secondary N) is 4. The third kappa shape index (κ3) is 7.72. The first-order valence-electron chi connectivity index (χ1n) is 12.0. The van der Waals surface area contributed by atoms with Crippen LogP contribution >= 0.6 is 0 Å². The van der Waals surface area contributed by atoms with Crippen LogP contribution in [0.15, 0.2) is 48.5 Å². The number of rotatable bonds is 11. The molecule has 36 heavy (non-hydrogen) atoms. The molecule has 10 nitrogen and oxygen atoms in total. The quantitative estimate of drug-likeness (QED) is 0.159. The third-order valence-electron chi connectivity index (χ3n) is 5.91. The van der Waals surface area contributed by atoms with E-state index in [1.807, 2.05) is 0 Å². The van der Waals surface area contributed by atoms with Gasteiger partial charge in [-0.3, -0.25) is 40.9 Å². The number of aromatic hydroxyl groups is 2. The normalized spacial score (nSPS) is 10.8. The van der Waals surface area contributed by atoms with E-state index in [0.29, 0.717) is 6.42 Å². The molecule has 0 saturated carbocycles. The van der Waals surface area contributed by atoms with Crippen LogP contribution in [0.25, 0.3) is 0 Å². The minimum atomic E-state index is -1.64. The van der Waals surface area contributed by atoms with Gasteiger partial charge in [0, 0.05) is 0 Å². The minimum absolute atomic E-state index is 0.0465. The number of carbonyl (C=O) groups excluding carboxylic acids is 4. The Bertz CT molecular complexity index is 998. The van der Waals surface area contributed by atoms with Gasteiger partial charge in [-0.2, -0.15) is 0 Å². The van der Waals surface area contributed by atoms with Gasteiger partial charge >= 0.3 is 0 Å². The van der Waals surface area contributed by atoms with E-state index >= 15 is 0 Å². The SMILES string of the molecule is CCCCCCCCC(C)(C(=O)NNC(=O)c1ccccc1O)C(=O)NNC(=O)c1ccccc1O. The Morgan fingerprint density at radius 2 is 1.08 bits per heavy atom. The summed E-state index contributed by atoms with van der Waals surface area (Å²) in [7, 11) is 0. The highest BCUT2D eigenvalue weighted by atomic mass is 16.3. The summed E-state index contributed by atoms with van der Waals surface area (Å²) in [4.78, 5) is 50.8. The molecule has 2 rings (SSSR count). The van der Waals surface area contributed by atoms with Crippen molar-refractivity contribution < 1.29 is 29.4 Å². The number of hydrogen-bond donors (Lipinski definition) is 6. The van der Waals surface area contributed by atoms with Crippen molar-refractivity contribution in [3.05, 3.63) is 59.7 Å². The molecule has 0 aliphatic heterocycles. The highest BCUT2D eigenvalue weighted by molar-refractivity contribution is 6.07. The first-order valence-corrected chi connectivity index (χ1v) is 12.0. The molecule has 194 valence electrons. The standard InChI is InChI=1S/C26H34N4O6/c1-3-4-5-6-7-12-17-26(2,24(35)29-27-22(33)18-13-8-10-15-20(18)31)25(36)30-28-23(34)19-14-9-11-16-21(19)32/h8-11,13-16,31-32H,3-7,12,17H2,1-2H3,(H,27,33)(H,28,34)(H,29,35)(H,30,36). The van der Waals surface area contributed by atoms with Crippen molar-refractivity contribution in [2.75, 3.05) is 0 Å². The highest BCUT2D eigenvalue weighted by Crippen LogP contribution is 2.26. The molecule has 0 saturated heterocycles. The number of phenols is 2. The lowest BCUT2D eigenvalue weighted by Gasteiger charge is -2.27. The third-order valence-corrected chi connectivity index (χ3v) is 5.91. The van der Waals surface area contributed by atoms with Crippen molar-refractivity contribution >= 4 is 23.6 Å². The maximum Gasteiger partial charge on any atom is 0.273 e. The monoisotopic (exact) mass is 498 g/mol. The minimum Gasteiger partial charge on any atom is -0.507 e. The van der Waals surface area contributed by atoms with Gasteiger partial charge in [0.2, 0.25) is 0 Å². The van der Waals surface area contributed by atoms with E-state index in [0.717, 1.165) is 32.1 Å². The van der Waals surface area contributed by atoms with E-state index in [-0.39, 0.29) is 29.0 Å². The number of hydrogen-bond acceptors (Lipinski definition) is 6. The zero-order valence-corrected chi connectivity index (χ0v) is 20.6. The molecule has 2 aromatic rings. The number of phenolic OH excluding ortho intramolecular Hbond substituents is 2. The molecule has 0 aliphatic carbocycles. The molecular weight excluding hydrogens is 464 g/mol. The predicted molar refractivity (Wildman–Crippen MR) is 134 cm³/mol. The zero-order chi connectivity index (χ0) is 26.6. The van der Waals surface area contributed by atoms with Crippen molar-refractivity contribution in [2.24, 2.45) is 5.41 Å². The van der Waals surface area contributed by atoms with Gasteiger partial charge in [-0.15, -0.1) is 0 Å². The van der Waals surface area contributed by atoms with Gasteiger partial charge in [0.15, 0.2) is 0 Å². The Morgan fingerprint density at radius 1 is 0.667 bits per heavy atom. The van der Waals surface area contributed by atoms with E-state index in [1.54, 1.807) is 24.3 Å². The van der Waals surface area contributed by atoms with E-state index < -0.39 is 29.0 Å². The largest absolute Gasteiger partial charge is 0.507 e. The smallest absolute Gasteiger partial charge is 0.273 e. The molecule has 0 unspecified atom stereocenters. The summed E-state index contributed by atoms with van der Waals surface area (Å²) in [6, 6.07) is 11.6. The summed E-state index contributed by atoms with van der Waals surface area (Å²) in [5.41, 5.74) is 7.22. The summed E-state index contributed by atoms with van der Waals surface area (Å²) < 4.78 is 0. The fourth-order valence-electron chi connectivity index (χ4n) is 3.56. The van der Waals surface area contributed by atoms with Crippen LogP contribution in [0.4, 0.5) is 0 Å². The maximum absolute atomic E-state index is 13.1. The number of hydrazine groups is 2. The van der Waals surface area contributed by atoms with Crippen LogP contribution in [0, 0.1) is 5.41 Å². The van der Waals surface area contributed by atoms with Gasteiger partial charge in [0.25, 0.3) is 23.6 Å². The molecule has 0 aliphatic rings. The summed E-state index contributed by atoms with van der Waals surface area (Å²) in [6.07, 6.45) is 5.76. The van der Waals surface area contributed by atoms with Crippen LogP contribution in [0.2, 0.25) is 0 Å². The molecule has 0 fully saturated rings. The first kappa shape index (κ1) is 28.2. The fraction of sp³-hybridized carbons (Fsp3) is 0.385. The number of unbranched alkanes of at least 4 members (excludes halogenated alkanes) is 5. The van der Waals surface area contributed by atoms with Gasteiger partial charge in [-0.1, -0.05) is 69.7 Å². The maximum atomic E-state index is 13.1. The number of benzene rings is 2. The highest BCUT2D eigenvalue weighted by Gasteiger charge is 2.41. The summed E-state index contributed by atoms with van der Waals surface area (Å²) in [5.74, 6) is -3.59. The van der Waals surface area contributed by atoms with Crippen LogP contribution in [-0.4, -0.2) is 33.8 Å². The number of amides is 4. The second-order valence-corrected chi connectivity index (χ2v) is 8.70. The molecule has 2 aromatic carbocycles. The number of para-hydroxylation sites is 2. The van der Waals surface area contributed by atoms with Crippen molar-refractivity contribution in [2.45, 2.75) is 58.8 Å². The van der Waals surface area contributed by atoms with Crippen LogP contribution in [0.1, 0.15) is 79.5 Å². The van der Waals surface area contributed by atoms with E-state index in [9.17, 15) is 29.4 Å². The van der Waals surface area contributed by atoms with Crippen LogP contribution in [0.5, 0.6) is 11.5 Å². The fourth-order valence-corrected chi connectivity index (χ4v) is 3.56. The average molecular weight is 499 g/mol. The Hall–Kier alpha value is -4.08. The molecular formula is C26H34N4O6. The summed E-state index contributed by atoms with van der Waals surface area (Å²) >= 11 is 0. The lowest BCUT2D eigenvalue weighted by molar-refractivity contribution is -0.144. The topological polar surface area (TPSA) is 157 Å². The first-order chi connectivity index (χ1) is 17.2. The van der Waals surface area contributed by atoms with Crippen LogP contribution in [-0.2, 0) is 9.59 Å². The molecule has 0 radical (unpaired) electrons.